The molecular formula is C24H19F6N5O3. The van der Waals surface area contributed by atoms with Crippen molar-refractivity contribution in [3.05, 3.63) is 80.6 Å². The number of aromatic nitrogens is 5. The van der Waals surface area contributed by atoms with E-state index in [1.807, 2.05) is 0 Å². The molecule has 0 amide bonds. The number of nitrogens with one attached hydrogen (secondary N) is 1. The van der Waals surface area contributed by atoms with E-state index in [9.17, 15) is 35.9 Å². The van der Waals surface area contributed by atoms with Gasteiger partial charge in [0.05, 0.1) is 28.8 Å². The highest BCUT2D eigenvalue weighted by Gasteiger charge is 2.38. The molecule has 0 radical (unpaired) electrons. The first-order chi connectivity index (χ1) is 18.0. The Morgan fingerprint density at radius 3 is 2.47 bits per heavy atom. The number of rotatable bonds is 8. The number of aryl methyl sites for hydroxylation is 1. The summed E-state index contributed by atoms with van der Waals surface area (Å²) in [6, 6.07) is 3.92. The Morgan fingerprint density at radius 2 is 1.82 bits per heavy atom. The van der Waals surface area contributed by atoms with Crippen LogP contribution in [0.25, 0.3) is 22.2 Å². The van der Waals surface area contributed by atoms with Gasteiger partial charge in [0.15, 0.2) is 17.1 Å². The molecule has 3 heterocycles. The van der Waals surface area contributed by atoms with Crippen molar-refractivity contribution in [1.29, 1.82) is 0 Å². The molecule has 0 aliphatic carbocycles. The zero-order chi connectivity index (χ0) is 27.6. The first-order valence-electron chi connectivity index (χ1n) is 11.2. The number of benzene rings is 1. The van der Waals surface area contributed by atoms with Gasteiger partial charge in [-0.2, -0.15) is 18.3 Å². The predicted molar refractivity (Wildman–Crippen MR) is 123 cm³/mol. The van der Waals surface area contributed by atoms with Gasteiger partial charge in [0.1, 0.15) is 5.82 Å². The van der Waals surface area contributed by atoms with E-state index in [0.29, 0.717) is 11.8 Å². The second kappa shape index (κ2) is 10.6. The summed E-state index contributed by atoms with van der Waals surface area (Å²) in [6.07, 6.45) is -3.85. The lowest BCUT2D eigenvalue weighted by molar-refractivity contribution is -0.140. The normalized spacial score (nSPS) is 12.7. The minimum atomic E-state index is -4.93. The third kappa shape index (κ3) is 5.68. The van der Waals surface area contributed by atoms with Gasteiger partial charge in [0, 0.05) is 25.1 Å². The second-order valence-corrected chi connectivity index (χ2v) is 8.38. The predicted octanol–water partition coefficient (Wildman–Crippen LogP) is 4.89. The fraction of sp³-hybridized carbons (Fsp3) is 0.292. The number of hydrogen-bond donors (Lipinski definition) is 1. The van der Waals surface area contributed by atoms with Crippen LogP contribution in [0.15, 0.2) is 52.6 Å². The van der Waals surface area contributed by atoms with Crippen LogP contribution in [-0.4, -0.2) is 30.8 Å². The van der Waals surface area contributed by atoms with Crippen LogP contribution in [0.4, 0.5) is 26.3 Å². The van der Waals surface area contributed by atoms with Gasteiger partial charge in [0.2, 0.25) is 0 Å². The maximum Gasteiger partial charge on any atom is 0.425 e. The Bertz CT molecular complexity index is 1570. The summed E-state index contributed by atoms with van der Waals surface area (Å²) in [7, 11) is 0. The van der Waals surface area contributed by atoms with Gasteiger partial charge in [0.25, 0.3) is 17.5 Å². The molecule has 1 N–H and O–H groups in total. The van der Waals surface area contributed by atoms with Crippen molar-refractivity contribution in [1.82, 2.24) is 24.7 Å². The molecule has 14 heteroatoms. The van der Waals surface area contributed by atoms with E-state index >= 15 is 0 Å². The first kappa shape index (κ1) is 26.8. The second-order valence-electron chi connectivity index (χ2n) is 8.38. The Hall–Kier alpha value is -4.23. The molecule has 0 bridgehead atoms. The van der Waals surface area contributed by atoms with Crippen molar-refractivity contribution < 1.29 is 31.1 Å². The number of fused-ring (bicyclic) bond motifs is 1. The van der Waals surface area contributed by atoms with Gasteiger partial charge in [-0.15, -0.1) is 0 Å². The van der Waals surface area contributed by atoms with Gasteiger partial charge in [-0.05, 0) is 43.4 Å². The van der Waals surface area contributed by atoms with Crippen LogP contribution in [-0.2, 0) is 12.7 Å². The molecule has 0 saturated carbocycles. The maximum absolute atomic E-state index is 14.8. The molecule has 3 aromatic heterocycles. The Kier molecular flexibility index (Phi) is 7.51. The summed E-state index contributed by atoms with van der Waals surface area (Å²) in [5.74, 6) is -1.63. The smallest absolute Gasteiger partial charge is 0.425 e. The molecule has 0 aliphatic heterocycles. The average Bonchev–Trinajstić information content (AvgIpc) is 2.85. The van der Waals surface area contributed by atoms with Crippen LogP contribution in [0.3, 0.4) is 0 Å². The van der Waals surface area contributed by atoms with Crippen LogP contribution in [0.2, 0.25) is 0 Å². The number of hydrogen-bond acceptors (Lipinski definition) is 6. The van der Waals surface area contributed by atoms with E-state index in [-0.39, 0.29) is 29.7 Å². The number of aromatic amines is 1. The standard InChI is InChI=1S/C24H19F6N5O3/c1-12(38-18-11-33-34-22(36)19(18)24(28,29)30)3-2-5-35-6-4-13-7-16(17(25)8-15(13)23(35)37)21-31-9-14(10-32-21)20(26)27/h4,6-12,20H,2-3,5H2,1H3,(H,34,36). The summed E-state index contributed by atoms with van der Waals surface area (Å²) in [6.45, 7) is 1.67. The lowest BCUT2D eigenvalue weighted by Gasteiger charge is -2.17. The fourth-order valence-electron chi connectivity index (χ4n) is 3.81. The van der Waals surface area contributed by atoms with Crippen molar-refractivity contribution in [3.8, 4) is 17.1 Å². The fourth-order valence-corrected chi connectivity index (χ4v) is 3.81. The number of halogens is 6. The Morgan fingerprint density at radius 1 is 1.11 bits per heavy atom. The van der Waals surface area contributed by atoms with Gasteiger partial charge in [-0.3, -0.25) is 9.59 Å². The molecule has 8 nitrogen and oxygen atoms in total. The van der Waals surface area contributed by atoms with Crippen LogP contribution in [0.1, 0.15) is 37.3 Å². The van der Waals surface area contributed by atoms with Gasteiger partial charge >= 0.3 is 6.18 Å². The number of nitrogens with zero attached hydrogens (tertiary/aromatic N) is 4. The molecule has 0 aliphatic rings. The van der Waals surface area contributed by atoms with E-state index in [4.69, 9.17) is 4.74 Å². The summed E-state index contributed by atoms with van der Waals surface area (Å²) in [5, 5.41) is 5.51. The molecule has 0 fully saturated rings. The maximum atomic E-state index is 14.8. The van der Waals surface area contributed by atoms with Crippen LogP contribution >= 0.6 is 0 Å². The summed E-state index contributed by atoms with van der Waals surface area (Å²) >= 11 is 0. The van der Waals surface area contributed by atoms with Crippen LogP contribution in [0.5, 0.6) is 5.75 Å². The number of H-pyrrole nitrogens is 1. The molecule has 1 atom stereocenters. The van der Waals surface area contributed by atoms with Crippen LogP contribution in [0, 0.1) is 5.82 Å². The summed E-state index contributed by atoms with van der Waals surface area (Å²) in [5.41, 5.74) is -3.88. The number of alkyl halides is 5. The molecule has 1 aromatic carbocycles. The monoisotopic (exact) mass is 539 g/mol. The molecule has 4 rings (SSSR count). The van der Waals surface area contributed by atoms with E-state index in [1.54, 1.807) is 11.2 Å². The third-order valence-corrected chi connectivity index (χ3v) is 5.67. The van der Waals surface area contributed by atoms with E-state index in [0.717, 1.165) is 24.7 Å². The lowest BCUT2D eigenvalue weighted by atomic mass is 10.1. The zero-order valence-corrected chi connectivity index (χ0v) is 19.6. The molecule has 200 valence electrons. The molecule has 38 heavy (non-hydrogen) atoms. The first-order valence-corrected chi connectivity index (χ1v) is 11.2. The minimum absolute atomic E-state index is 0.0612. The van der Waals surface area contributed by atoms with Crippen molar-refractivity contribution in [2.45, 2.75) is 45.0 Å². The molecule has 0 spiro atoms. The lowest BCUT2D eigenvalue weighted by Crippen LogP contribution is -2.26. The highest BCUT2D eigenvalue weighted by molar-refractivity contribution is 5.85. The largest absolute Gasteiger partial charge is 0.488 e. The minimum Gasteiger partial charge on any atom is -0.488 e. The average molecular weight is 539 g/mol. The molecule has 4 aromatic rings. The number of ether oxygens (including phenoxy) is 1. The Labute approximate surface area is 209 Å². The summed E-state index contributed by atoms with van der Waals surface area (Å²) in [4.78, 5) is 32.0. The highest BCUT2D eigenvalue weighted by Crippen LogP contribution is 2.33. The van der Waals surface area contributed by atoms with Gasteiger partial charge in [-0.1, -0.05) is 0 Å². The van der Waals surface area contributed by atoms with Gasteiger partial charge < -0.3 is 9.30 Å². The quantitative estimate of drug-likeness (QED) is 0.320. The SMILES string of the molecule is CC(CCCn1ccc2cc(-c3ncc(C(F)F)cn3)c(F)cc2c1=O)Oc1cn[nH]c(=O)c1C(F)(F)F. The van der Waals surface area contributed by atoms with Crippen molar-refractivity contribution in [3.63, 3.8) is 0 Å². The van der Waals surface area contributed by atoms with Crippen molar-refractivity contribution in [2.75, 3.05) is 0 Å². The Balaban J connectivity index is 1.47. The van der Waals surface area contributed by atoms with E-state index in [2.05, 4.69) is 15.1 Å². The van der Waals surface area contributed by atoms with Crippen molar-refractivity contribution in [2.24, 2.45) is 0 Å². The van der Waals surface area contributed by atoms with Crippen LogP contribution < -0.4 is 15.9 Å². The number of pyridine rings is 1. The topological polar surface area (TPSA) is 103 Å². The molecule has 0 saturated heterocycles. The summed E-state index contributed by atoms with van der Waals surface area (Å²) < 4.78 is 86.4. The van der Waals surface area contributed by atoms with E-state index < -0.39 is 52.5 Å². The zero-order valence-electron chi connectivity index (χ0n) is 19.6. The van der Waals surface area contributed by atoms with Crippen molar-refractivity contribution >= 4 is 10.8 Å². The highest BCUT2D eigenvalue weighted by atomic mass is 19.4. The molecule has 1 unspecified atom stereocenters. The van der Waals surface area contributed by atoms with E-state index in [1.165, 1.54) is 23.8 Å². The molecular weight excluding hydrogens is 520 g/mol. The third-order valence-electron chi connectivity index (χ3n) is 5.67. The van der Waals surface area contributed by atoms with Gasteiger partial charge in [-0.25, -0.2) is 28.2 Å².